The smallest absolute Gasteiger partial charge is 0.0499 e. The van der Waals surface area contributed by atoms with E-state index in [2.05, 4.69) is 27.8 Å². The van der Waals surface area contributed by atoms with Crippen molar-refractivity contribution in [3.05, 3.63) is 39.8 Å². The second-order valence-corrected chi connectivity index (χ2v) is 4.70. The van der Waals surface area contributed by atoms with Gasteiger partial charge in [0, 0.05) is 21.7 Å². The van der Waals surface area contributed by atoms with Crippen molar-refractivity contribution in [1.29, 1.82) is 0 Å². The van der Waals surface area contributed by atoms with Gasteiger partial charge in [-0.1, -0.05) is 17.7 Å². The highest BCUT2D eigenvalue weighted by molar-refractivity contribution is 9.10. The molecule has 0 aliphatic carbocycles. The van der Waals surface area contributed by atoms with Crippen molar-refractivity contribution < 1.29 is 0 Å². The lowest BCUT2D eigenvalue weighted by atomic mass is 10.2. The van der Waals surface area contributed by atoms with Crippen LogP contribution in [0.2, 0.25) is 5.02 Å². The Balaban J connectivity index is 2.61. The molecule has 1 N–H and O–H groups in total. The third-order valence-electron chi connectivity index (χ3n) is 2.15. The minimum Gasteiger partial charge on any atom is -0.384 e. The van der Waals surface area contributed by atoms with Crippen LogP contribution in [0.4, 0.5) is 5.69 Å². The van der Waals surface area contributed by atoms with Gasteiger partial charge in [0.1, 0.15) is 0 Å². The molecule has 0 radical (unpaired) electrons. The first kappa shape index (κ1) is 12.6. The van der Waals surface area contributed by atoms with E-state index in [9.17, 15) is 0 Å². The van der Waals surface area contributed by atoms with Gasteiger partial charge in [-0.05, 0) is 53.4 Å². The molecule has 0 saturated heterocycles. The summed E-state index contributed by atoms with van der Waals surface area (Å²) in [6, 6.07) is 3.98. The lowest BCUT2D eigenvalue weighted by molar-refractivity contribution is 0.890. The van der Waals surface area contributed by atoms with E-state index >= 15 is 0 Å². The summed E-state index contributed by atoms with van der Waals surface area (Å²) in [5.41, 5.74) is 2.13. The Morgan fingerprint density at radius 3 is 2.93 bits per heavy atom. The first-order valence-corrected chi connectivity index (χ1v) is 6.12. The molecule has 0 unspecified atom stereocenters. The zero-order valence-corrected chi connectivity index (χ0v) is 11.2. The Morgan fingerprint density at radius 1 is 1.53 bits per heavy atom. The van der Waals surface area contributed by atoms with Gasteiger partial charge in [0.2, 0.25) is 0 Å². The van der Waals surface area contributed by atoms with Gasteiger partial charge in [0.15, 0.2) is 0 Å². The van der Waals surface area contributed by atoms with Crippen LogP contribution in [0.5, 0.6) is 0 Å². The molecule has 0 atom stereocenters. The maximum atomic E-state index is 6.05. The van der Waals surface area contributed by atoms with Gasteiger partial charge in [-0.3, -0.25) is 0 Å². The average Bonchev–Trinajstić information content (AvgIpc) is 2.20. The maximum Gasteiger partial charge on any atom is 0.0499 e. The van der Waals surface area contributed by atoms with E-state index in [0.717, 1.165) is 40.1 Å². The number of benzene rings is 1. The monoisotopic (exact) mass is 287 g/mol. The molecule has 15 heavy (non-hydrogen) atoms. The first-order chi connectivity index (χ1) is 7.15. The van der Waals surface area contributed by atoms with Crippen LogP contribution in [-0.4, -0.2) is 6.54 Å². The van der Waals surface area contributed by atoms with Crippen LogP contribution in [0.15, 0.2) is 29.3 Å². The van der Waals surface area contributed by atoms with E-state index in [0.29, 0.717) is 0 Å². The summed E-state index contributed by atoms with van der Waals surface area (Å²) in [6.07, 6.45) is 4.05. The van der Waals surface area contributed by atoms with Gasteiger partial charge in [0.25, 0.3) is 0 Å². The first-order valence-electron chi connectivity index (χ1n) is 4.95. The molecule has 0 aliphatic rings. The molecule has 3 heteroatoms. The summed E-state index contributed by atoms with van der Waals surface area (Å²) in [4.78, 5) is 0. The molecular formula is C12H15BrClN. The number of nitrogens with one attached hydrogen (secondary N) is 1. The molecule has 0 spiro atoms. The molecule has 0 heterocycles. The lowest BCUT2D eigenvalue weighted by Gasteiger charge is -2.09. The van der Waals surface area contributed by atoms with Crippen LogP contribution in [0.25, 0.3) is 0 Å². The molecule has 1 nitrogen and oxygen atoms in total. The molecule has 1 rings (SSSR count). The summed E-state index contributed by atoms with van der Waals surface area (Å²) in [5, 5.41) is 4.13. The van der Waals surface area contributed by atoms with Crippen molar-refractivity contribution in [2.24, 2.45) is 0 Å². The van der Waals surface area contributed by atoms with Gasteiger partial charge < -0.3 is 5.32 Å². The van der Waals surface area contributed by atoms with Crippen LogP contribution in [-0.2, 0) is 0 Å². The van der Waals surface area contributed by atoms with Crippen LogP contribution >= 0.6 is 27.5 Å². The quantitative estimate of drug-likeness (QED) is 0.607. The van der Waals surface area contributed by atoms with Gasteiger partial charge >= 0.3 is 0 Å². The minimum absolute atomic E-state index is 0.796. The molecule has 1 aromatic rings. The minimum atomic E-state index is 0.796. The van der Waals surface area contributed by atoms with E-state index < -0.39 is 0 Å². The van der Waals surface area contributed by atoms with E-state index in [4.69, 9.17) is 11.6 Å². The average molecular weight is 289 g/mol. The highest BCUT2D eigenvalue weighted by atomic mass is 79.9. The Labute approximate surface area is 105 Å². The van der Waals surface area contributed by atoms with E-state index in [-0.39, 0.29) is 0 Å². The number of hydrogen-bond acceptors (Lipinski definition) is 1. The standard InChI is InChI=1S/C12H15BrClN/c1-3-4-5-6-15-12-8-11(14)9(2)7-10(12)13/h3,7-8,15H,1,4-6H2,2H3. The van der Waals surface area contributed by atoms with Crippen LogP contribution in [0.1, 0.15) is 18.4 Å². The summed E-state index contributed by atoms with van der Waals surface area (Å²) in [7, 11) is 0. The van der Waals surface area contributed by atoms with Gasteiger partial charge in [0.05, 0.1) is 0 Å². The molecule has 0 saturated carbocycles. The number of unbranched alkanes of at least 4 members (excludes halogenated alkanes) is 1. The van der Waals surface area contributed by atoms with E-state index in [1.54, 1.807) is 0 Å². The molecular weight excluding hydrogens is 273 g/mol. The van der Waals surface area contributed by atoms with Crippen molar-refractivity contribution in [2.75, 3.05) is 11.9 Å². The second kappa shape index (κ2) is 6.19. The third-order valence-corrected chi connectivity index (χ3v) is 3.21. The summed E-state index contributed by atoms with van der Waals surface area (Å²) < 4.78 is 1.06. The molecule has 0 bridgehead atoms. The second-order valence-electron chi connectivity index (χ2n) is 3.44. The number of aryl methyl sites for hydroxylation is 1. The number of anilines is 1. The molecule has 1 aromatic carbocycles. The van der Waals surface area contributed by atoms with Crippen molar-refractivity contribution in [3.8, 4) is 0 Å². The highest BCUT2D eigenvalue weighted by Gasteiger charge is 2.03. The summed E-state index contributed by atoms with van der Waals surface area (Å²) >= 11 is 9.56. The van der Waals surface area contributed by atoms with E-state index in [1.165, 1.54) is 0 Å². The topological polar surface area (TPSA) is 12.0 Å². The van der Waals surface area contributed by atoms with Crippen LogP contribution < -0.4 is 5.32 Å². The van der Waals surface area contributed by atoms with Crippen molar-refractivity contribution >= 4 is 33.2 Å². The Hall–Kier alpha value is -0.470. The van der Waals surface area contributed by atoms with Crippen molar-refractivity contribution in [3.63, 3.8) is 0 Å². The number of halogens is 2. The predicted molar refractivity (Wildman–Crippen MR) is 71.8 cm³/mol. The molecule has 0 aliphatic heterocycles. The number of allylic oxidation sites excluding steroid dienone is 1. The fraction of sp³-hybridized carbons (Fsp3) is 0.333. The van der Waals surface area contributed by atoms with E-state index in [1.807, 2.05) is 25.1 Å². The largest absolute Gasteiger partial charge is 0.384 e. The number of rotatable bonds is 5. The fourth-order valence-corrected chi connectivity index (χ4v) is 2.01. The van der Waals surface area contributed by atoms with Gasteiger partial charge in [-0.15, -0.1) is 6.58 Å². The Bertz CT molecular complexity index is 350. The molecule has 0 amide bonds. The van der Waals surface area contributed by atoms with Gasteiger partial charge in [-0.25, -0.2) is 0 Å². The van der Waals surface area contributed by atoms with Gasteiger partial charge in [-0.2, -0.15) is 0 Å². The zero-order chi connectivity index (χ0) is 11.3. The molecule has 82 valence electrons. The number of hydrogen-bond donors (Lipinski definition) is 1. The highest BCUT2D eigenvalue weighted by Crippen LogP contribution is 2.29. The zero-order valence-electron chi connectivity index (χ0n) is 8.82. The molecule has 0 fully saturated rings. The fourth-order valence-electron chi connectivity index (χ4n) is 1.25. The van der Waals surface area contributed by atoms with Crippen LogP contribution in [0.3, 0.4) is 0 Å². The van der Waals surface area contributed by atoms with Crippen LogP contribution in [0, 0.1) is 6.92 Å². The predicted octanol–water partition coefficient (Wildman–Crippen LogP) is 4.79. The Morgan fingerprint density at radius 2 is 2.27 bits per heavy atom. The third kappa shape index (κ3) is 3.88. The lowest BCUT2D eigenvalue weighted by Crippen LogP contribution is -2.01. The van der Waals surface area contributed by atoms with Crippen molar-refractivity contribution in [1.82, 2.24) is 0 Å². The summed E-state index contributed by atoms with van der Waals surface area (Å²) in [5.74, 6) is 0. The Kier molecular flexibility index (Phi) is 5.20. The summed E-state index contributed by atoms with van der Waals surface area (Å²) in [6.45, 7) is 6.62. The van der Waals surface area contributed by atoms with Crippen molar-refractivity contribution in [2.45, 2.75) is 19.8 Å². The SMILES string of the molecule is C=CCCCNc1cc(Cl)c(C)cc1Br. The maximum absolute atomic E-state index is 6.05. The normalized spacial score (nSPS) is 10.1. The molecule has 0 aromatic heterocycles.